The second-order valence-electron chi connectivity index (χ2n) is 15.2. The van der Waals surface area contributed by atoms with Crippen LogP contribution >= 0.6 is 0 Å². The SMILES string of the molecule is CC(C)(C)[Si](C[C@]1(c2ccc3ccccc3c2)CC2CC1(C(=O)c1ccc3ccccc3c1)C2)(c1ccccc1)c1ccccc1. The largest absolute Gasteiger partial charge is 0.294 e. The smallest absolute Gasteiger partial charge is 0.169 e. The maximum Gasteiger partial charge on any atom is 0.169 e. The first-order chi connectivity index (χ1) is 22.3. The summed E-state index contributed by atoms with van der Waals surface area (Å²) >= 11 is 0. The molecule has 6 aromatic rings. The van der Waals surface area contributed by atoms with Gasteiger partial charge in [0.15, 0.2) is 5.78 Å². The predicted octanol–water partition coefficient (Wildman–Crippen LogP) is 9.98. The Balaban J connectivity index is 1.40. The third-order valence-electron chi connectivity index (χ3n) is 12.0. The molecule has 0 N–H and O–H groups in total. The van der Waals surface area contributed by atoms with Crippen molar-refractivity contribution < 1.29 is 4.79 Å². The maximum atomic E-state index is 15.3. The molecule has 0 spiro atoms. The van der Waals surface area contributed by atoms with E-state index in [1.54, 1.807) is 0 Å². The van der Waals surface area contributed by atoms with Crippen LogP contribution < -0.4 is 10.4 Å². The summed E-state index contributed by atoms with van der Waals surface area (Å²) in [5.41, 5.74) is 1.51. The van der Waals surface area contributed by atoms with Crippen LogP contribution in [0.1, 0.15) is 56.0 Å². The van der Waals surface area contributed by atoms with Crippen molar-refractivity contribution in [1.82, 2.24) is 0 Å². The molecule has 9 rings (SSSR count). The van der Waals surface area contributed by atoms with Crippen LogP contribution in [-0.2, 0) is 5.41 Å². The molecule has 2 heteroatoms. The molecule has 0 heterocycles. The molecular weight excluding hydrogens is 573 g/mol. The molecule has 3 saturated carbocycles. The molecule has 3 fully saturated rings. The summed E-state index contributed by atoms with van der Waals surface area (Å²) in [6, 6.07) is 54.4. The van der Waals surface area contributed by atoms with Gasteiger partial charge in [-0.25, -0.2) is 0 Å². The van der Waals surface area contributed by atoms with Crippen LogP contribution in [0.15, 0.2) is 146 Å². The van der Waals surface area contributed by atoms with Crippen molar-refractivity contribution in [2.45, 2.75) is 56.5 Å². The molecule has 0 aliphatic heterocycles. The Bertz CT molecular complexity index is 2030. The van der Waals surface area contributed by atoms with Gasteiger partial charge in [-0.15, -0.1) is 0 Å². The van der Waals surface area contributed by atoms with E-state index in [0.29, 0.717) is 11.7 Å². The van der Waals surface area contributed by atoms with Crippen LogP contribution in [0, 0.1) is 11.3 Å². The van der Waals surface area contributed by atoms with Gasteiger partial charge in [0.1, 0.15) is 8.07 Å². The molecule has 46 heavy (non-hydrogen) atoms. The monoisotopic (exact) mass is 614 g/mol. The Labute approximate surface area is 274 Å². The van der Waals surface area contributed by atoms with Gasteiger partial charge in [0.25, 0.3) is 0 Å². The first-order valence-electron chi connectivity index (χ1n) is 16.9. The minimum atomic E-state index is -2.54. The lowest BCUT2D eigenvalue weighted by Gasteiger charge is -2.54. The van der Waals surface area contributed by atoms with Gasteiger partial charge in [0.05, 0.1) is 0 Å². The highest BCUT2D eigenvalue weighted by atomic mass is 28.3. The van der Waals surface area contributed by atoms with E-state index in [-0.39, 0.29) is 10.5 Å². The lowest BCUT2D eigenvalue weighted by atomic mass is 9.55. The highest BCUT2D eigenvalue weighted by molar-refractivity contribution is 7.04. The van der Waals surface area contributed by atoms with E-state index in [0.717, 1.165) is 36.3 Å². The number of hydrogen-bond donors (Lipinski definition) is 0. The number of fused-ring (bicyclic) bond motifs is 3. The topological polar surface area (TPSA) is 17.1 Å². The first-order valence-corrected chi connectivity index (χ1v) is 19.1. The van der Waals surface area contributed by atoms with E-state index >= 15 is 4.79 Å². The van der Waals surface area contributed by atoms with Gasteiger partial charge in [0, 0.05) is 16.4 Å². The highest BCUT2D eigenvalue weighted by Gasteiger charge is 2.72. The Kier molecular flexibility index (Phi) is 6.74. The number of carbonyl (C=O) groups excluding carboxylic acids is 1. The van der Waals surface area contributed by atoms with Gasteiger partial charge in [-0.1, -0.05) is 171 Å². The number of hydrogen-bond acceptors (Lipinski definition) is 1. The van der Waals surface area contributed by atoms with Crippen molar-refractivity contribution in [3.63, 3.8) is 0 Å². The Hall–Kier alpha value is -4.27. The van der Waals surface area contributed by atoms with Gasteiger partial charge >= 0.3 is 0 Å². The number of carbonyl (C=O) groups is 1. The van der Waals surface area contributed by atoms with Gasteiger partial charge in [0.2, 0.25) is 0 Å². The van der Waals surface area contributed by atoms with Crippen LogP contribution in [-0.4, -0.2) is 13.9 Å². The number of benzene rings is 6. The summed E-state index contributed by atoms with van der Waals surface area (Å²) in [6.07, 6.45) is 3.02. The molecule has 3 aliphatic carbocycles. The van der Waals surface area contributed by atoms with E-state index in [2.05, 4.69) is 166 Å². The van der Waals surface area contributed by atoms with E-state index in [4.69, 9.17) is 0 Å². The van der Waals surface area contributed by atoms with Gasteiger partial charge in [-0.3, -0.25) is 4.79 Å². The zero-order valence-corrected chi connectivity index (χ0v) is 28.2. The lowest BCUT2D eigenvalue weighted by molar-refractivity contribution is 0.0502. The quantitative estimate of drug-likeness (QED) is 0.129. The van der Waals surface area contributed by atoms with Crippen molar-refractivity contribution in [2.24, 2.45) is 11.3 Å². The molecule has 2 bridgehead atoms. The Morgan fingerprint density at radius 1 is 0.609 bits per heavy atom. The molecular formula is C44H42OSi. The third-order valence-corrected chi connectivity index (χ3v) is 18.3. The van der Waals surface area contributed by atoms with E-state index in [1.807, 2.05) is 0 Å². The van der Waals surface area contributed by atoms with E-state index in [9.17, 15) is 0 Å². The van der Waals surface area contributed by atoms with Crippen molar-refractivity contribution in [1.29, 1.82) is 0 Å². The summed E-state index contributed by atoms with van der Waals surface area (Å²) in [7, 11) is -2.54. The molecule has 3 aliphatic rings. The van der Waals surface area contributed by atoms with Gasteiger partial charge in [-0.2, -0.15) is 0 Å². The zero-order chi connectivity index (χ0) is 31.6. The molecule has 0 saturated heterocycles. The molecule has 1 atom stereocenters. The molecule has 0 amide bonds. The maximum absolute atomic E-state index is 15.3. The van der Waals surface area contributed by atoms with Crippen LogP contribution in [0.25, 0.3) is 21.5 Å². The average molecular weight is 615 g/mol. The van der Waals surface area contributed by atoms with Crippen molar-refractivity contribution in [3.8, 4) is 0 Å². The highest BCUT2D eigenvalue weighted by Crippen LogP contribution is 2.73. The zero-order valence-electron chi connectivity index (χ0n) is 27.2. The second-order valence-corrected chi connectivity index (χ2v) is 20.0. The Morgan fingerprint density at radius 2 is 1.11 bits per heavy atom. The van der Waals surface area contributed by atoms with Crippen molar-refractivity contribution in [3.05, 3.63) is 157 Å². The van der Waals surface area contributed by atoms with E-state index in [1.165, 1.54) is 32.1 Å². The lowest BCUT2D eigenvalue weighted by Crippen LogP contribution is -2.68. The molecule has 0 radical (unpaired) electrons. The fourth-order valence-corrected chi connectivity index (χ4v) is 15.9. The summed E-state index contributed by atoms with van der Waals surface area (Å²) in [6.45, 7) is 7.39. The minimum Gasteiger partial charge on any atom is -0.294 e. The van der Waals surface area contributed by atoms with Gasteiger partial charge in [-0.05, 0) is 69.4 Å². The van der Waals surface area contributed by atoms with Crippen molar-refractivity contribution >= 4 is 45.8 Å². The molecule has 0 unspecified atom stereocenters. The van der Waals surface area contributed by atoms with Crippen LogP contribution in [0.2, 0.25) is 11.1 Å². The van der Waals surface area contributed by atoms with Gasteiger partial charge < -0.3 is 0 Å². The second kappa shape index (κ2) is 10.6. The summed E-state index contributed by atoms with van der Waals surface area (Å²) in [5.74, 6) is 0.909. The van der Waals surface area contributed by atoms with Crippen molar-refractivity contribution in [2.75, 3.05) is 0 Å². The number of Topliss-reactive ketones (excluding diaryl/α,β-unsaturated/α-hetero) is 1. The predicted molar refractivity (Wildman–Crippen MR) is 196 cm³/mol. The standard InChI is InChI=1S/C44H42OSi/c1-42(2,3)46(39-18-6-4-7-19-39,40-20-8-5-9-21-40)31-44(38-25-24-34-15-11-13-17-36(34)27-38)30-32-28-43(44,29-32)41(45)37-23-22-33-14-10-12-16-35(33)26-37/h4-27,32H,28-31H2,1-3H3/t32?,43?,44-/m0/s1. The minimum absolute atomic E-state index is 0.000279. The molecule has 1 nitrogen and oxygen atoms in total. The van der Waals surface area contributed by atoms with Crippen LogP contribution in [0.3, 0.4) is 0 Å². The average Bonchev–Trinajstić information content (AvgIpc) is 3.58. The Morgan fingerprint density at radius 3 is 1.67 bits per heavy atom. The fraction of sp³-hybridized carbons (Fsp3) is 0.250. The van der Waals surface area contributed by atoms with Crippen LogP contribution in [0.4, 0.5) is 0 Å². The fourth-order valence-electron chi connectivity index (χ4n) is 9.78. The molecule has 0 aromatic heterocycles. The summed E-state index contributed by atoms with van der Waals surface area (Å²) < 4.78 is 0. The summed E-state index contributed by atoms with van der Waals surface area (Å²) in [5, 5.41) is 7.77. The molecule has 228 valence electrons. The number of ketones is 1. The number of rotatable bonds is 7. The first kappa shape index (κ1) is 29.2. The normalized spacial score (nSPS) is 22.5. The molecule has 6 aromatic carbocycles. The van der Waals surface area contributed by atoms with Crippen LogP contribution in [0.5, 0.6) is 0 Å². The van der Waals surface area contributed by atoms with E-state index < -0.39 is 13.5 Å². The summed E-state index contributed by atoms with van der Waals surface area (Å²) in [4.78, 5) is 15.3. The third kappa shape index (κ3) is 4.23.